The van der Waals surface area contributed by atoms with Crippen molar-refractivity contribution in [1.29, 1.82) is 0 Å². The minimum Gasteiger partial charge on any atom is -0.475 e. The van der Waals surface area contributed by atoms with Crippen LogP contribution in [0.15, 0.2) is 59.9 Å². The summed E-state index contributed by atoms with van der Waals surface area (Å²) >= 11 is 0. The van der Waals surface area contributed by atoms with Gasteiger partial charge in [-0.1, -0.05) is 24.3 Å². The minimum atomic E-state index is -0.137. The number of aliphatic imine (C=N–C) groups is 1. The maximum Gasteiger partial charge on any atom is 0.216 e. The van der Waals surface area contributed by atoms with E-state index in [1.165, 1.54) is 5.56 Å². The van der Waals surface area contributed by atoms with Crippen LogP contribution < -0.4 is 0 Å². The third kappa shape index (κ3) is 2.71. The molecule has 1 atom stereocenters. The Balaban J connectivity index is 1.55. The molecule has 1 aromatic heterocycles. The zero-order valence-electron chi connectivity index (χ0n) is 12.6. The zero-order valence-corrected chi connectivity index (χ0v) is 12.6. The van der Waals surface area contributed by atoms with E-state index in [1.54, 1.807) is 0 Å². The molecule has 2 aromatic carbocycles. The highest BCUT2D eigenvalue weighted by Gasteiger charge is 2.18. The number of ether oxygens (including phenoxy) is 1. The van der Waals surface area contributed by atoms with Crippen LogP contribution >= 0.6 is 0 Å². The number of hydrogen-bond donors (Lipinski definition) is 1. The van der Waals surface area contributed by atoms with E-state index in [1.807, 2.05) is 36.7 Å². The van der Waals surface area contributed by atoms with Gasteiger partial charge in [0, 0.05) is 12.1 Å². The highest BCUT2D eigenvalue weighted by atomic mass is 16.5. The Kier molecular flexibility index (Phi) is 3.55. The molecule has 3 aromatic rings. The first-order chi connectivity index (χ1) is 11.3. The van der Waals surface area contributed by atoms with Crippen molar-refractivity contribution in [3.05, 3.63) is 66.0 Å². The van der Waals surface area contributed by atoms with Crippen LogP contribution in [0, 0.1) is 0 Å². The Hall–Kier alpha value is -2.66. The molecule has 1 unspecified atom stereocenters. The lowest BCUT2D eigenvalue weighted by molar-refractivity contribution is 0.227. The molecule has 1 aliphatic heterocycles. The summed E-state index contributed by atoms with van der Waals surface area (Å²) in [5.41, 5.74) is 4.27. The summed E-state index contributed by atoms with van der Waals surface area (Å²) in [5.74, 6) is 0.615. The van der Waals surface area contributed by atoms with Gasteiger partial charge >= 0.3 is 0 Å². The van der Waals surface area contributed by atoms with E-state index in [9.17, 15) is 0 Å². The van der Waals surface area contributed by atoms with Gasteiger partial charge in [-0.2, -0.15) is 0 Å². The summed E-state index contributed by atoms with van der Waals surface area (Å²) in [4.78, 5) is 8.77. The fraction of sp³-hybridized carbons (Fsp3) is 0.222. The molecule has 23 heavy (non-hydrogen) atoms. The zero-order chi connectivity index (χ0) is 15.6. The number of imidazole rings is 1. The van der Waals surface area contributed by atoms with Gasteiger partial charge in [-0.05, 0) is 29.8 Å². The standard InChI is InChI=1S/C18H17N3O2/c22-10-15-11-23-18(20-15)14-7-5-13(6-8-14)9-21-12-19-16-3-1-2-4-17(16)21/h1-8,12,15,22H,9-11H2. The molecule has 0 spiro atoms. The minimum absolute atomic E-state index is 0.0231. The van der Waals surface area contributed by atoms with E-state index in [-0.39, 0.29) is 12.6 Å². The Morgan fingerprint density at radius 3 is 2.74 bits per heavy atom. The number of aromatic nitrogens is 2. The summed E-state index contributed by atoms with van der Waals surface area (Å²) in [7, 11) is 0. The molecule has 1 N–H and O–H groups in total. The van der Waals surface area contributed by atoms with Crippen LogP contribution in [0.25, 0.3) is 11.0 Å². The van der Waals surface area contributed by atoms with E-state index in [0.29, 0.717) is 12.5 Å². The molecule has 4 rings (SSSR count). The number of para-hydroxylation sites is 2. The van der Waals surface area contributed by atoms with Gasteiger partial charge in [-0.15, -0.1) is 0 Å². The fourth-order valence-corrected chi connectivity index (χ4v) is 2.75. The van der Waals surface area contributed by atoms with Gasteiger partial charge in [0.1, 0.15) is 12.6 Å². The molecule has 116 valence electrons. The van der Waals surface area contributed by atoms with Gasteiger partial charge in [0.2, 0.25) is 5.90 Å². The number of aliphatic hydroxyl groups is 1. The van der Waals surface area contributed by atoms with Crippen molar-refractivity contribution in [2.75, 3.05) is 13.2 Å². The summed E-state index contributed by atoms with van der Waals surface area (Å²) in [5, 5.41) is 9.11. The van der Waals surface area contributed by atoms with Crippen molar-refractivity contribution in [2.45, 2.75) is 12.6 Å². The molecule has 0 bridgehead atoms. The topological polar surface area (TPSA) is 59.6 Å². The molecular formula is C18H17N3O2. The lowest BCUT2D eigenvalue weighted by atomic mass is 10.1. The fourth-order valence-electron chi connectivity index (χ4n) is 2.75. The average Bonchev–Trinajstić information content (AvgIpc) is 3.23. The number of nitrogens with zero attached hydrogens (tertiary/aromatic N) is 3. The molecule has 0 saturated heterocycles. The number of hydrogen-bond acceptors (Lipinski definition) is 4. The second-order valence-electron chi connectivity index (χ2n) is 5.64. The lowest BCUT2D eigenvalue weighted by Crippen LogP contribution is -2.10. The second-order valence-corrected chi connectivity index (χ2v) is 5.64. The predicted octanol–water partition coefficient (Wildman–Crippen LogP) is 2.22. The van der Waals surface area contributed by atoms with Crippen LogP contribution in [0.4, 0.5) is 0 Å². The number of aliphatic hydroxyl groups excluding tert-OH is 1. The van der Waals surface area contributed by atoms with Crippen molar-refractivity contribution in [3.8, 4) is 0 Å². The first kappa shape index (κ1) is 14.0. The molecular weight excluding hydrogens is 290 g/mol. The Bertz CT molecular complexity index is 852. The third-order valence-corrected chi connectivity index (χ3v) is 4.00. The largest absolute Gasteiger partial charge is 0.475 e. The first-order valence-electron chi connectivity index (χ1n) is 7.64. The summed E-state index contributed by atoms with van der Waals surface area (Å²) in [6.45, 7) is 1.25. The van der Waals surface area contributed by atoms with Crippen molar-refractivity contribution < 1.29 is 9.84 Å². The predicted molar refractivity (Wildman–Crippen MR) is 88.6 cm³/mol. The summed E-state index contributed by atoms with van der Waals surface area (Å²) in [6, 6.07) is 16.1. The molecule has 0 fully saturated rings. The average molecular weight is 307 g/mol. The smallest absolute Gasteiger partial charge is 0.216 e. The van der Waals surface area contributed by atoms with Crippen LogP contribution in [0.2, 0.25) is 0 Å². The van der Waals surface area contributed by atoms with Gasteiger partial charge in [0.05, 0.1) is 24.0 Å². The van der Waals surface area contributed by atoms with Crippen LogP contribution in [-0.4, -0.2) is 39.8 Å². The van der Waals surface area contributed by atoms with E-state index >= 15 is 0 Å². The van der Waals surface area contributed by atoms with Crippen molar-refractivity contribution >= 4 is 16.9 Å². The lowest BCUT2D eigenvalue weighted by Gasteiger charge is -2.06. The number of fused-ring (bicyclic) bond motifs is 1. The Morgan fingerprint density at radius 2 is 1.96 bits per heavy atom. The van der Waals surface area contributed by atoms with E-state index in [2.05, 4.69) is 32.7 Å². The van der Waals surface area contributed by atoms with Crippen LogP contribution in [-0.2, 0) is 11.3 Å². The molecule has 1 aliphatic rings. The maximum absolute atomic E-state index is 9.11. The molecule has 2 heterocycles. The van der Waals surface area contributed by atoms with E-state index < -0.39 is 0 Å². The molecule has 0 radical (unpaired) electrons. The van der Waals surface area contributed by atoms with Crippen LogP contribution in [0.1, 0.15) is 11.1 Å². The van der Waals surface area contributed by atoms with Crippen molar-refractivity contribution in [3.63, 3.8) is 0 Å². The quantitative estimate of drug-likeness (QED) is 0.804. The van der Waals surface area contributed by atoms with Gasteiger partial charge in [-0.25, -0.2) is 9.98 Å². The number of rotatable bonds is 4. The summed E-state index contributed by atoms with van der Waals surface area (Å²) < 4.78 is 7.66. The normalized spacial score (nSPS) is 17.3. The summed E-state index contributed by atoms with van der Waals surface area (Å²) in [6.07, 6.45) is 1.87. The Morgan fingerprint density at radius 1 is 1.13 bits per heavy atom. The van der Waals surface area contributed by atoms with Crippen molar-refractivity contribution in [2.24, 2.45) is 4.99 Å². The van der Waals surface area contributed by atoms with Gasteiger partial charge in [-0.3, -0.25) is 0 Å². The van der Waals surface area contributed by atoms with Gasteiger partial charge < -0.3 is 14.4 Å². The molecule has 5 heteroatoms. The Labute approximate surface area is 133 Å². The maximum atomic E-state index is 9.11. The molecule has 0 aliphatic carbocycles. The van der Waals surface area contributed by atoms with Gasteiger partial charge in [0.15, 0.2) is 0 Å². The second kappa shape index (κ2) is 5.85. The van der Waals surface area contributed by atoms with Gasteiger partial charge in [0.25, 0.3) is 0 Å². The van der Waals surface area contributed by atoms with Crippen LogP contribution in [0.5, 0.6) is 0 Å². The highest BCUT2D eigenvalue weighted by molar-refractivity contribution is 5.95. The number of benzene rings is 2. The first-order valence-corrected chi connectivity index (χ1v) is 7.64. The molecule has 5 nitrogen and oxygen atoms in total. The van der Waals surface area contributed by atoms with Crippen molar-refractivity contribution in [1.82, 2.24) is 9.55 Å². The van der Waals surface area contributed by atoms with E-state index in [0.717, 1.165) is 23.1 Å². The highest BCUT2D eigenvalue weighted by Crippen LogP contribution is 2.16. The van der Waals surface area contributed by atoms with Crippen LogP contribution in [0.3, 0.4) is 0 Å². The molecule has 0 amide bonds. The SMILES string of the molecule is OCC1COC(c2ccc(Cn3cnc4ccccc43)cc2)=N1. The van der Waals surface area contributed by atoms with E-state index in [4.69, 9.17) is 9.84 Å². The molecule has 0 saturated carbocycles. The third-order valence-electron chi connectivity index (χ3n) is 4.00. The monoisotopic (exact) mass is 307 g/mol.